The Bertz CT molecular complexity index is 183. The fourth-order valence-electron chi connectivity index (χ4n) is 2.39. The van der Waals surface area contributed by atoms with E-state index in [1.54, 1.807) is 0 Å². The van der Waals surface area contributed by atoms with Gasteiger partial charge in [0.2, 0.25) is 0 Å². The lowest BCUT2D eigenvalue weighted by molar-refractivity contribution is 0.392. The van der Waals surface area contributed by atoms with Crippen LogP contribution in [0.4, 0.5) is 0 Å². The minimum atomic E-state index is 0.679. The highest BCUT2D eigenvalue weighted by Gasteiger charge is 2.52. The molecule has 0 radical (unpaired) electrons. The average molecular weight is 196 g/mol. The molecule has 0 amide bonds. The van der Waals surface area contributed by atoms with Crippen molar-refractivity contribution >= 4 is 0 Å². The van der Waals surface area contributed by atoms with Gasteiger partial charge < -0.3 is 11.1 Å². The lowest BCUT2D eigenvalue weighted by Crippen LogP contribution is -2.28. The fraction of sp³-hybridized carbons (Fsp3) is 1.00. The van der Waals surface area contributed by atoms with E-state index < -0.39 is 0 Å². The number of nitrogens with two attached hydrogens (primary N) is 1. The Morgan fingerprint density at radius 1 is 1.43 bits per heavy atom. The zero-order valence-electron chi connectivity index (χ0n) is 9.39. The van der Waals surface area contributed by atoms with Gasteiger partial charge in [0.05, 0.1) is 0 Å². The molecule has 0 aliphatic heterocycles. The predicted octanol–water partition coefficient (Wildman–Crippen LogP) is 1.75. The van der Waals surface area contributed by atoms with Crippen molar-refractivity contribution in [3.63, 3.8) is 0 Å². The predicted molar refractivity (Wildman–Crippen MR) is 60.1 cm³/mol. The van der Waals surface area contributed by atoms with E-state index in [1.165, 1.54) is 38.6 Å². The molecule has 2 rings (SSSR count). The zero-order chi connectivity index (χ0) is 10.0. The van der Waals surface area contributed by atoms with E-state index in [-0.39, 0.29) is 0 Å². The molecule has 2 saturated carbocycles. The van der Waals surface area contributed by atoms with E-state index >= 15 is 0 Å². The van der Waals surface area contributed by atoms with Gasteiger partial charge in [0.1, 0.15) is 0 Å². The molecule has 2 aliphatic rings. The van der Waals surface area contributed by atoms with Gasteiger partial charge in [-0.05, 0) is 62.4 Å². The minimum Gasteiger partial charge on any atom is -0.330 e. The van der Waals surface area contributed by atoms with Crippen LogP contribution in [0, 0.1) is 17.3 Å². The Labute approximate surface area is 87.6 Å². The van der Waals surface area contributed by atoms with Crippen LogP contribution in [0.1, 0.15) is 39.0 Å². The first kappa shape index (κ1) is 10.4. The third-order valence-electron chi connectivity index (χ3n) is 4.03. The summed E-state index contributed by atoms with van der Waals surface area (Å²) in [6, 6.07) is 0. The molecule has 2 heteroatoms. The smallest absolute Gasteiger partial charge is 0.00105 e. The van der Waals surface area contributed by atoms with Crippen molar-refractivity contribution < 1.29 is 0 Å². The van der Waals surface area contributed by atoms with Gasteiger partial charge in [0.25, 0.3) is 0 Å². The Morgan fingerprint density at radius 3 is 2.64 bits per heavy atom. The van der Waals surface area contributed by atoms with Crippen molar-refractivity contribution in [2.24, 2.45) is 23.0 Å². The first-order chi connectivity index (χ1) is 6.77. The quantitative estimate of drug-likeness (QED) is 0.609. The molecule has 0 saturated heterocycles. The van der Waals surface area contributed by atoms with E-state index in [0.29, 0.717) is 5.92 Å². The standard InChI is InChI=1S/C12H24N2/c1-10(8-13)4-7-14-9-12(5-6-12)11-2-3-11/h10-11,14H,2-9,13H2,1H3. The highest BCUT2D eigenvalue weighted by Crippen LogP contribution is 2.60. The van der Waals surface area contributed by atoms with Gasteiger partial charge >= 0.3 is 0 Å². The molecule has 1 atom stereocenters. The lowest BCUT2D eigenvalue weighted by Gasteiger charge is -2.16. The molecule has 0 aromatic heterocycles. The second-order valence-corrected chi connectivity index (χ2v) is 5.44. The summed E-state index contributed by atoms with van der Waals surface area (Å²) in [5.74, 6) is 1.76. The summed E-state index contributed by atoms with van der Waals surface area (Å²) in [7, 11) is 0. The van der Waals surface area contributed by atoms with E-state index in [1.807, 2.05) is 0 Å². The second kappa shape index (κ2) is 4.19. The SMILES string of the molecule is CC(CN)CCNCC1(C2CC2)CC1. The van der Waals surface area contributed by atoms with Gasteiger partial charge in [-0.1, -0.05) is 6.92 Å². The molecule has 82 valence electrons. The maximum absolute atomic E-state index is 5.58. The highest BCUT2D eigenvalue weighted by atomic mass is 14.9. The largest absolute Gasteiger partial charge is 0.330 e. The van der Waals surface area contributed by atoms with Gasteiger partial charge in [-0.2, -0.15) is 0 Å². The van der Waals surface area contributed by atoms with Crippen LogP contribution in [-0.2, 0) is 0 Å². The minimum absolute atomic E-state index is 0.679. The van der Waals surface area contributed by atoms with Crippen molar-refractivity contribution in [1.29, 1.82) is 0 Å². The van der Waals surface area contributed by atoms with Crippen LogP contribution < -0.4 is 11.1 Å². The van der Waals surface area contributed by atoms with E-state index in [4.69, 9.17) is 5.73 Å². The molecule has 0 heterocycles. The van der Waals surface area contributed by atoms with Crippen molar-refractivity contribution in [3.8, 4) is 0 Å². The maximum atomic E-state index is 5.58. The Hall–Kier alpha value is -0.0800. The molecule has 0 spiro atoms. The lowest BCUT2D eigenvalue weighted by atomic mass is 10.0. The summed E-state index contributed by atoms with van der Waals surface area (Å²) in [6.07, 6.45) is 7.20. The monoisotopic (exact) mass is 196 g/mol. The third kappa shape index (κ3) is 2.48. The van der Waals surface area contributed by atoms with Crippen LogP contribution in [0.5, 0.6) is 0 Å². The van der Waals surface area contributed by atoms with Crippen LogP contribution in [0.3, 0.4) is 0 Å². The van der Waals surface area contributed by atoms with Gasteiger partial charge in [-0.15, -0.1) is 0 Å². The summed E-state index contributed by atoms with van der Waals surface area (Å²) in [4.78, 5) is 0. The second-order valence-electron chi connectivity index (χ2n) is 5.44. The van der Waals surface area contributed by atoms with Crippen LogP contribution >= 0.6 is 0 Å². The summed E-state index contributed by atoms with van der Waals surface area (Å²) in [6.45, 7) is 5.49. The first-order valence-electron chi connectivity index (χ1n) is 6.18. The molecule has 14 heavy (non-hydrogen) atoms. The molecular formula is C12H24N2. The van der Waals surface area contributed by atoms with Crippen LogP contribution in [0.15, 0.2) is 0 Å². The average Bonchev–Trinajstić information content (AvgIpc) is 3.02. The van der Waals surface area contributed by atoms with Crippen LogP contribution in [0.25, 0.3) is 0 Å². The van der Waals surface area contributed by atoms with E-state index in [2.05, 4.69) is 12.2 Å². The summed E-state index contributed by atoms with van der Waals surface area (Å²) < 4.78 is 0. The van der Waals surface area contributed by atoms with Gasteiger partial charge in [-0.3, -0.25) is 0 Å². The van der Waals surface area contributed by atoms with Crippen molar-refractivity contribution in [3.05, 3.63) is 0 Å². The third-order valence-corrected chi connectivity index (χ3v) is 4.03. The molecule has 0 bridgehead atoms. The van der Waals surface area contributed by atoms with E-state index in [9.17, 15) is 0 Å². The van der Waals surface area contributed by atoms with E-state index in [0.717, 1.165) is 24.4 Å². The topological polar surface area (TPSA) is 38.0 Å². The number of hydrogen-bond acceptors (Lipinski definition) is 2. The molecule has 0 aromatic carbocycles. The maximum Gasteiger partial charge on any atom is 0.00105 e. The van der Waals surface area contributed by atoms with Gasteiger partial charge in [-0.25, -0.2) is 0 Å². The number of nitrogens with one attached hydrogen (secondary N) is 1. The first-order valence-corrected chi connectivity index (χ1v) is 6.18. The van der Waals surface area contributed by atoms with Crippen LogP contribution in [-0.4, -0.2) is 19.6 Å². The van der Waals surface area contributed by atoms with Crippen LogP contribution in [0.2, 0.25) is 0 Å². The van der Waals surface area contributed by atoms with Gasteiger partial charge in [0, 0.05) is 6.54 Å². The molecule has 2 aliphatic carbocycles. The number of hydrogen-bond donors (Lipinski definition) is 2. The summed E-state index contributed by atoms with van der Waals surface area (Å²) in [5, 5.41) is 3.62. The summed E-state index contributed by atoms with van der Waals surface area (Å²) in [5.41, 5.74) is 6.34. The zero-order valence-corrected chi connectivity index (χ0v) is 9.39. The van der Waals surface area contributed by atoms with Crippen molar-refractivity contribution in [2.75, 3.05) is 19.6 Å². The Morgan fingerprint density at radius 2 is 2.14 bits per heavy atom. The molecule has 0 aromatic rings. The Balaban J connectivity index is 1.54. The van der Waals surface area contributed by atoms with Crippen molar-refractivity contribution in [2.45, 2.75) is 39.0 Å². The number of rotatable bonds is 7. The van der Waals surface area contributed by atoms with Gasteiger partial charge in [0.15, 0.2) is 0 Å². The molecule has 1 unspecified atom stereocenters. The summed E-state index contributed by atoms with van der Waals surface area (Å²) >= 11 is 0. The Kier molecular flexibility index (Phi) is 3.13. The highest BCUT2D eigenvalue weighted by molar-refractivity contribution is 5.04. The normalized spacial score (nSPS) is 26.1. The molecular weight excluding hydrogens is 172 g/mol. The molecule has 3 N–H and O–H groups in total. The molecule has 2 fully saturated rings. The fourth-order valence-corrected chi connectivity index (χ4v) is 2.39. The van der Waals surface area contributed by atoms with Crippen molar-refractivity contribution in [1.82, 2.24) is 5.32 Å². The molecule has 2 nitrogen and oxygen atoms in total.